The fourth-order valence-electron chi connectivity index (χ4n) is 2.78. The van der Waals surface area contributed by atoms with E-state index in [0.29, 0.717) is 18.9 Å². The molecule has 1 heterocycles. The van der Waals surface area contributed by atoms with Crippen LogP contribution in [-0.4, -0.2) is 31.0 Å². The van der Waals surface area contributed by atoms with Crippen LogP contribution in [0, 0.1) is 6.92 Å². The molecule has 0 saturated carbocycles. The monoisotopic (exact) mass is 371 g/mol. The molecule has 26 heavy (non-hydrogen) atoms. The van der Waals surface area contributed by atoms with E-state index >= 15 is 0 Å². The van der Waals surface area contributed by atoms with Crippen LogP contribution in [0.3, 0.4) is 0 Å². The van der Waals surface area contributed by atoms with Gasteiger partial charge in [-0.1, -0.05) is 30.3 Å². The summed E-state index contributed by atoms with van der Waals surface area (Å²) in [5.41, 5.74) is 2.26. The summed E-state index contributed by atoms with van der Waals surface area (Å²) in [6.07, 6.45) is 2.42. The van der Waals surface area contributed by atoms with Crippen LogP contribution in [0.25, 0.3) is 0 Å². The number of carbonyl (C=O) groups excluding carboxylic acids is 1. The Bertz CT molecular complexity index is 711. The Kier molecular flexibility index (Phi) is 6.97. The lowest BCUT2D eigenvalue weighted by Crippen LogP contribution is -2.24. The molecule has 1 atom stereocenters. The summed E-state index contributed by atoms with van der Waals surface area (Å²) in [5, 5.41) is 2.96. The molecule has 0 unspecified atom stereocenters. The zero-order valence-electron chi connectivity index (χ0n) is 15.1. The Balaban J connectivity index is 1.38. The van der Waals surface area contributed by atoms with E-state index in [2.05, 4.69) is 18.3 Å². The van der Waals surface area contributed by atoms with Crippen molar-refractivity contribution < 1.29 is 14.3 Å². The molecule has 1 N–H and O–H groups in total. The van der Waals surface area contributed by atoms with Crippen molar-refractivity contribution in [2.75, 3.05) is 19.0 Å². The molecule has 138 valence electrons. The highest BCUT2D eigenvalue weighted by Gasteiger charge is 2.15. The molecule has 0 bridgehead atoms. The van der Waals surface area contributed by atoms with Gasteiger partial charge in [0.25, 0.3) is 0 Å². The van der Waals surface area contributed by atoms with Crippen molar-refractivity contribution in [3.63, 3.8) is 0 Å². The average molecular weight is 372 g/mol. The topological polar surface area (TPSA) is 47.6 Å². The van der Waals surface area contributed by atoms with Gasteiger partial charge in [-0.2, -0.15) is 0 Å². The standard InChI is InChI=1S/C21H25NO3S/c1-16-5-2-3-7-20(16)26-15-21(23)22-13-17-8-10-18(11-9-17)25-14-19-6-4-12-24-19/h2-3,5,7-11,19H,4,6,12-15H2,1H3,(H,22,23)/t19-/m1/s1. The minimum absolute atomic E-state index is 0.0389. The van der Waals surface area contributed by atoms with Gasteiger partial charge in [0.1, 0.15) is 12.4 Å². The van der Waals surface area contributed by atoms with Crippen LogP contribution in [0.15, 0.2) is 53.4 Å². The summed E-state index contributed by atoms with van der Waals surface area (Å²) in [6, 6.07) is 16.0. The minimum atomic E-state index is 0.0389. The maximum Gasteiger partial charge on any atom is 0.230 e. The smallest absolute Gasteiger partial charge is 0.230 e. The van der Waals surface area contributed by atoms with Crippen LogP contribution < -0.4 is 10.1 Å². The summed E-state index contributed by atoms with van der Waals surface area (Å²) in [4.78, 5) is 13.2. The molecule has 0 aromatic heterocycles. The Labute approximate surface area is 159 Å². The van der Waals surface area contributed by atoms with Gasteiger partial charge >= 0.3 is 0 Å². The molecule has 3 rings (SSSR count). The molecular weight excluding hydrogens is 346 g/mol. The van der Waals surface area contributed by atoms with E-state index < -0.39 is 0 Å². The van der Waals surface area contributed by atoms with E-state index in [1.54, 1.807) is 11.8 Å². The zero-order chi connectivity index (χ0) is 18.2. The number of rotatable bonds is 8. The molecule has 0 spiro atoms. The zero-order valence-corrected chi connectivity index (χ0v) is 15.9. The molecule has 1 aliphatic rings. The maximum absolute atomic E-state index is 12.0. The highest BCUT2D eigenvalue weighted by atomic mass is 32.2. The van der Waals surface area contributed by atoms with Gasteiger partial charge in [-0.25, -0.2) is 0 Å². The predicted octanol–water partition coefficient (Wildman–Crippen LogP) is 3.96. The first-order valence-electron chi connectivity index (χ1n) is 8.99. The van der Waals surface area contributed by atoms with Crippen molar-refractivity contribution in [2.45, 2.75) is 37.3 Å². The Hall–Kier alpha value is -1.98. The molecule has 4 nitrogen and oxygen atoms in total. The van der Waals surface area contributed by atoms with Crippen LogP contribution in [-0.2, 0) is 16.1 Å². The van der Waals surface area contributed by atoms with E-state index in [1.165, 1.54) is 5.56 Å². The Morgan fingerprint density at radius 3 is 2.77 bits per heavy atom. The second-order valence-corrected chi connectivity index (χ2v) is 7.44. The fourth-order valence-corrected chi connectivity index (χ4v) is 3.64. The van der Waals surface area contributed by atoms with Gasteiger partial charge in [-0.15, -0.1) is 11.8 Å². The molecule has 0 radical (unpaired) electrons. The molecule has 0 aliphatic carbocycles. The van der Waals surface area contributed by atoms with E-state index in [1.807, 2.05) is 42.5 Å². The maximum atomic E-state index is 12.0. The first-order valence-corrected chi connectivity index (χ1v) is 9.98. The highest BCUT2D eigenvalue weighted by Crippen LogP contribution is 2.21. The number of benzene rings is 2. The van der Waals surface area contributed by atoms with E-state index in [0.717, 1.165) is 35.7 Å². The van der Waals surface area contributed by atoms with Crippen LogP contribution in [0.4, 0.5) is 0 Å². The lowest BCUT2D eigenvalue weighted by atomic mass is 10.2. The summed E-state index contributed by atoms with van der Waals surface area (Å²) in [6.45, 7) is 4.03. The van der Waals surface area contributed by atoms with E-state index in [4.69, 9.17) is 9.47 Å². The van der Waals surface area contributed by atoms with Gasteiger partial charge in [0.2, 0.25) is 5.91 Å². The van der Waals surface area contributed by atoms with Crippen molar-refractivity contribution in [3.05, 3.63) is 59.7 Å². The SMILES string of the molecule is Cc1ccccc1SCC(=O)NCc1ccc(OC[C@H]2CCCO2)cc1. The van der Waals surface area contributed by atoms with Crippen LogP contribution in [0.2, 0.25) is 0 Å². The molecular formula is C21H25NO3S. The average Bonchev–Trinajstić information content (AvgIpc) is 3.18. The number of hydrogen-bond donors (Lipinski definition) is 1. The summed E-state index contributed by atoms with van der Waals surface area (Å²) < 4.78 is 11.3. The van der Waals surface area contributed by atoms with Crippen molar-refractivity contribution in [3.8, 4) is 5.75 Å². The number of nitrogens with one attached hydrogen (secondary N) is 1. The number of aryl methyl sites for hydroxylation is 1. The third-order valence-corrected chi connectivity index (χ3v) is 5.50. The van der Waals surface area contributed by atoms with Crippen LogP contribution in [0.5, 0.6) is 5.75 Å². The van der Waals surface area contributed by atoms with Crippen molar-refractivity contribution >= 4 is 17.7 Å². The number of carbonyl (C=O) groups is 1. The highest BCUT2D eigenvalue weighted by molar-refractivity contribution is 8.00. The molecule has 1 fully saturated rings. The van der Waals surface area contributed by atoms with Gasteiger partial charge in [0.05, 0.1) is 11.9 Å². The molecule has 1 aliphatic heterocycles. The first-order chi connectivity index (χ1) is 12.7. The first kappa shape index (κ1) is 18.8. The van der Waals surface area contributed by atoms with Gasteiger partial charge in [-0.05, 0) is 49.1 Å². The molecule has 1 amide bonds. The van der Waals surface area contributed by atoms with E-state index in [-0.39, 0.29) is 12.0 Å². The van der Waals surface area contributed by atoms with Gasteiger partial charge in [0.15, 0.2) is 0 Å². The number of thioether (sulfide) groups is 1. The minimum Gasteiger partial charge on any atom is -0.491 e. The molecule has 5 heteroatoms. The fraction of sp³-hybridized carbons (Fsp3) is 0.381. The normalized spacial score (nSPS) is 16.4. The van der Waals surface area contributed by atoms with Gasteiger partial charge in [-0.3, -0.25) is 4.79 Å². The second kappa shape index (κ2) is 9.64. The van der Waals surface area contributed by atoms with Crippen molar-refractivity contribution in [1.29, 1.82) is 0 Å². The van der Waals surface area contributed by atoms with Crippen LogP contribution >= 0.6 is 11.8 Å². The molecule has 1 saturated heterocycles. The second-order valence-electron chi connectivity index (χ2n) is 6.42. The number of ether oxygens (including phenoxy) is 2. The van der Waals surface area contributed by atoms with Crippen molar-refractivity contribution in [2.24, 2.45) is 0 Å². The third kappa shape index (κ3) is 5.78. The predicted molar refractivity (Wildman–Crippen MR) is 105 cm³/mol. The van der Waals surface area contributed by atoms with Gasteiger partial charge < -0.3 is 14.8 Å². The van der Waals surface area contributed by atoms with Crippen molar-refractivity contribution in [1.82, 2.24) is 5.32 Å². The number of amides is 1. The summed E-state index contributed by atoms with van der Waals surface area (Å²) >= 11 is 1.57. The Morgan fingerprint density at radius 2 is 2.04 bits per heavy atom. The van der Waals surface area contributed by atoms with Gasteiger partial charge in [0, 0.05) is 18.0 Å². The molecule has 2 aromatic carbocycles. The largest absolute Gasteiger partial charge is 0.491 e. The number of hydrogen-bond acceptors (Lipinski definition) is 4. The summed E-state index contributed by atoms with van der Waals surface area (Å²) in [7, 11) is 0. The lowest BCUT2D eigenvalue weighted by molar-refractivity contribution is -0.118. The van der Waals surface area contributed by atoms with Crippen LogP contribution in [0.1, 0.15) is 24.0 Å². The molecule has 2 aromatic rings. The Morgan fingerprint density at radius 1 is 1.23 bits per heavy atom. The third-order valence-electron chi connectivity index (χ3n) is 4.33. The quantitative estimate of drug-likeness (QED) is 0.714. The van der Waals surface area contributed by atoms with E-state index in [9.17, 15) is 4.79 Å². The lowest BCUT2D eigenvalue weighted by Gasteiger charge is -2.12. The summed E-state index contributed by atoms with van der Waals surface area (Å²) in [5.74, 6) is 1.30.